The summed E-state index contributed by atoms with van der Waals surface area (Å²) in [6.07, 6.45) is 5.62. The molecule has 3 N–H and O–H groups in total. The number of carbonyl (C=O) groups is 1. The van der Waals surface area contributed by atoms with Gasteiger partial charge in [-0.15, -0.1) is 0 Å². The molecule has 0 spiro atoms. The fraction of sp³-hybridized carbons (Fsp3) is 0.0357. The first-order chi connectivity index (χ1) is 17.3. The van der Waals surface area contributed by atoms with Gasteiger partial charge in [0.1, 0.15) is 0 Å². The van der Waals surface area contributed by atoms with Crippen LogP contribution < -0.4 is 10.8 Å². The van der Waals surface area contributed by atoms with E-state index in [-0.39, 0.29) is 12.5 Å². The second-order valence-electron chi connectivity index (χ2n) is 7.83. The monoisotopic (exact) mass is 461 g/mol. The highest BCUT2D eigenvalue weighted by Gasteiger charge is 2.12. The Morgan fingerprint density at radius 3 is 2.60 bits per heavy atom. The van der Waals surface area contributed by atoms with E-state index in [0.29, 0.717) is 11.3 Å². The molecule has 2 heterocycles. The minimum atomic E-state index is -0.325. The fourth-order valence-corrected chi connectivity index (χ4v) is 3.64. The lowest BCUT2D eigenvalue weighted by molar-refractivity contribution is 0.0234. The summed E-state index contributed by atoms with van der Waals surface area (Å²) in [7, 11) is 0. The number of amides is 1. The Kier molecular flexibility index (Phi) is 6.59. The minimum absolute atomic E-state index is 0.287. The van der Waals surface area contributed by atoms with Crippen LogP contribution in [0.1, 0.15) is 27.3 Å². The number of nitrogens with zero attached hydrogens (tertiary/aromatic N) is 2. The number of carbonyl (C=O) groups excluding carboxylic acids is 1. The smallest absolute Gasteiger partial charge is 0.276 e. The number of H-pyrrole nitrogens is 1. The van der Waals surface area contributed by atoms with E-state index in [1.807, 2.05) is 97.1 Å². The topological polar surface area (TPSA) is 91.9 Å². The maximum atomic E-state index is 12.7. The fourth-order valence-electron chi connectivity index (χ4n) is 3.64. The SMILES string of the molecule is O=C(NOCc1ccccc1)c1ccccc1Nc1ccc2c(/C=C/c3ccccn3)n[nH]c2c1. The summed E-state index contributed by atoms with van der Waals surface area (Å²) >= 11 is 0. The van der Waals surface area contributed by atoms with Gasteiger partial charge in [0.15, 0.2) is 0 Å². The normalized spacial score (nSPS) is 11.1. The van der Waals surface area contributed by atoms with Gasteiger partial charge in [-0.25, -0.2) is 5.48 Å². The van der Waals surface area contributed by atoms with Gasteiger partial charge in [0.05, 0.1) is 34.8 Å². The third kappa shape index (κ3) is 5.43. The quantitative estimate of drug-likeness (QED) is 0.257. The number of aromatic nitrogens is 3. The Morgan fingerprint density at radius 1 is 0.914 bits per heavy atom. The molecule has 0 saturated heterocycles. The van der Waals surface area contributed by atoms with E-state index >= 15 is 0 Å². The van der Waals surface area contributed by atoms with E-state index in [1.54, 1.807) is 12.3 Å². The highest BCUT2D eigenvalue weighted by molar-refractivity contribution is 6.00. The lowest BCUT2D eigenvalue weighted by Crippen LogP contribution is -2.24. The second-order valence-corrected chi connectivity index (χ2v) is 7.83. The van der Waals surface area contributed by atoms with Gasteiger partial charge in [-0.2, -0.15) is 5.10 Å². The third-order valence-corrected chi connectivity index (χ3v) is 5.39. The number of aromatic amines is 1. The Balaban J connectivity index is 1.28. The van der Waals surface area contributed by atoms with Crippen molar-refractivity contribution in [3.63, 3.8) is 0 Å². The first kappa shape index (κ1) is 22.1. The van der Waals surface area contributed by atoms with Crippen LogP contribution in [-0.4, -0.2) is 21.1 Å². The molecule has 172 valence electrons. The number of nitrogens with one attached hydrogen (secondary N) is 3. The lowest BCUT2D eigenvalue weighted by Gasteiger charge is -2.12. The van der Waals surface area contributed by atoms with E-state index in [2.05, 4.69) is 26.0 Å². The van der Waals surface area contributed by atoms with Crippen molar-refractivity contribution in [1.29, 1.82) is 0 Å². The van der Waals surface area contributed by atoms with E-state index in [0.717, 1.165) is 33.5 Å². The maximum absolute atomic E-state index is 12.7. The molecule has 0 radical (unpaired) electrons. The highest BCUT2D eigenvalue weighted by Crippen LogP contribution is 2.26. The molecule has 0 saturated carbocycles. The molecular formula is C28H23N5O2. The van der Waals surface area contributed by atoms with Crippen molar-refractivity contribution in [3.8, 4) is 0 Å². The zero-order valence-corrected chi connectivity index (χ0v) is 18.8. The minimum Gasteiger partial charge on any atom is -0.355 e. The first-order valence-corrected chi connectivity index (χ1v) is 11.2. The molecule has 5 rings (SSSR count). The van der Waals surface area contributed by atoms with Gasteiger partial charge in [-0.3, -0.25) is 19.7 Å². The number of para-hydroxylation sites is 1. The summed E-state index contributed by atoms with van der Waals surface area (Å²) in [4.78, 5) is 22.4. The second kappa shape index (κ2) is 10.5. The Morgan fingerprint density at radius 2 is 1.74 bits per heavy atom. The van der Waals surface area contributed by atoms with E-state index in [9.17, 15) is 4.79 Å². The number of rotatable bonds is 8. The van der Waals surface area contributed by atoms with Crippen LogP contribution in [0.25, 0.3) is 23.1 Å². The molecule has 0 aliphatic carbocycles. The number of anilines is 2. The molecular weight excluding hydrogens is 438 g/mol. The Labute approximate surface area is 202 Å². The molecule has 0 unspecified atom stereocenters. The molecule has 0 aliphatic heterocycles. The first-order valence-electron chi connectivity index (χ1n) is 11.2. The predicted molar refractivity (Wildman–Crippen MR) is 138 cm³/mol. The Bertz CT molecular complexity index is 1460. The molecule has 0 bridgehead atoms. The summed E-state index contributed by atoms with van der Waals surface area (Å²) < 4.78 is 0. The molecule has 3 aromatic carbocycles. The van der Waals surface area contributed by atoms with Crippen molar-refractivity contribution >= 4 is 40.3 Å². The highest BCUT2D eigenvalue weighted by atomic mass is 16.6. The largest absolute Gasteiger partial charge is 0.355 e. The number of benzene rings is 3. The van der Waals surface area contributed by atoms with Gasteiger partial charge in [0.25, 0.3) is 5.91 Å². The average molecular weight is 462 g/mol. The number of fused-ring (bicyclic) bond motifs is 1. The van der Waals surface area contributed by atoms with E-state index < -0.39 is 0 Å². The third-order valence-electron chi connectivity index (χ3n) is 5.39. The molecule has 35 heavy (non-hydrogen) atoms. The maximum Gasteiger partial charge on any atom is 0.276 e. The van der Waals surface area contributed by atoms with Gasteiger partial charge >= 0.3 is 0 Å². The molecule has 7 nitrogen and oxygen atoms in total. The molecule has 5 aromatic rings. The number of pyridine rings is 1. The van der Waals surface area contributed by atoms with Gasteiger partial charge in [-0.1, -0.05) is 48.5 Å². The van der Waals surface area contributed by atoms with Crippen LogP contribution >= 0.6 is 0 Å². The van der Waals surface area contributed by atoms with Crippen LogP contribution in [-0.2, 0) is 11.4 Å². The van der Waals surface area contributed by atoms with Crippen LogP contribution in [0, 0.1) is 0 Å². The summed E-state index contributed by atoms with van der Waals surface area (Å²) in [5.74, 6) is -0.325. The molecule has 0 fully saturated rings. The number of hydrogen-bond donors (Lipinski definition) is 3. The number of hydrogen-bond acceptors (Lipinski definition) is 5. The summed E-state index contributed by atoms with van der Waals surface area (Å²) in [6.45, 7) is 0.287. The van der Waals surface area contributed by atoms with Crippen LogP contribution in [0.4, 0.5) is 11.4 Å². The molecule has 7 heteroatoms. The summed E-state index contributed by atoms with van der Waals surface area (Å²) in [5.41, 5.74) is 8.04. The van der Waals surface area contributed by atoms with Crippen LogP contribution in [0.5, 0.6) is 0 Å². The molecule has 2 aromatic heterocycles. The molecule has 1 amide bonds. The zero-order valence-electron chi connectivity index (χ0n) is 18.8. The van der Waals surface area contributed by atoms with Crippen molar-refractivity contribution in [2.24, 2.45) is 0 Å². The van der Waals surface area contributed by atoms with Crippen LogP contribution in [0.15, 0.2) is 97.2 Å². The van der Waals surface area contributed by atoms with Crippen LogP contribution in [0.3, 0.4) is 0 Å². The van der Waals surface area contributed by atoms with E-state index in [4.69, 9.17) is 4.84 Å². The number of hydroxylamine groups is 1. The van der Waals surface area contributed by atoms with Crippen molar-refractivity contribution in [2.45, 2.75) is 6.61 Å². The van der Waals surface area contributed by atoms with E-state index in [1.165, 1.54) is 0 Å². The molecule has 0 aliphatic rings. The van der Waals surface area contributed by atoms with Gasteiger partial charge in [0.2, 0.25) is 0 Å². The van der Waals surface area contributed by atoms with Gasteiger partial charge in [-0.05, 0) is 60.2 Å². The van der Waals surface area contributed by atoms with Crippen LogP contribution in [0.2, 0.25) is 0 Å². The van der Waals surface area contributed by atoms with Gasteiger partial charge < -0.3 is 5.32 Å². The Hall–Kier alpha value is -4.75. The summed E-state index contributed by atoms with van der Waals surface area (Å²) in [5, 5.41) is 11.8. The molecule has 0 atom stereocenters. The van der Waals surface area contributed by atoms with Crippen molar-refractivity contribution in [2.75, 3.05) is 5.32 Å². The zero-order chi connectivity index (χ0) is 23.9. The van der Waals surface area contributed by atoms with Crippen molar-refractivity contribution in [3.05, 3.63) is 120 Å². The summed E-state index contributed by atoms with van der Waals surface area (Å²) in [6, 6.07) is 28.6. The standard InChI is InChI=1S/C28H23N5O2/c34-28(33-35-19-20-8-2-1-3-9-20)24-11-4-5-12-25(24)30-22-13-15-23-26(31-32-27(23)18-22)16-14-21-10-6-7-17-29-21/h1-18,30H,19H2,(H,31,32)(H,33,34)/b16-14+. The predicted octanol–water partition coefficient (Wildman–Crippen LogP) is 5.73. The van der Waals surface area contributed by atoms with Crippen molar-refractivity contribution in [1.82, 2.24) is 20.7 Å². The van der Waals surface area contributed by atoms with Gasteiger partial charge in [0, 0.05) is 17.3 Å². The van der Waals surface area contributed by atoms with Crippen molar-refractivity contribution < 1.29 is 9.63 Å². The lowest BCUT2D eigenvalue weighted by atomic mass is 10.1. The average Bonchev–Trinajstić information content (AvgIpc) is 3.31.